The van der Waals surface area contributed by atoms with Gasteiger partial charge in [-0.15, -0.1) is 0 Å². The van der Waals surface area contributed by atoms with Crippen LogP contribution in [0, 0.1) is 28.6 Å². The summed E-state index contributed by atoms with van der Waals surface area (Å²) in [5.41, 5.74) is 6.23. The Morgan fingerprint density at radius 1 is 0.939 bits per heavy atom. The number of fused-ring (bicyclic) bond motifs is 6. The molecule has 7 rings (SSSR count). The molecule has 4 nitrogen and oxygen atoms in total. The van der Waals surface area contributed by atoms with Crippen molar-refractivity contribution in [3.05, 3.63) is 67.0 Å². The van der Waals surface area contributed by atoms with E-state index in [9.17, 15) is 0 Å². The number of rotatable bonds is 2. The van der Waals surface area contributed by atoms with Crippen LogP contribution in [0.3, 0.4) is 0 Å². The lowest BCUT2D eigenvalue weighted by Gasteiger charge is -2.58. The maximum absolute atomic E-state index is 4.71. The van der Waals surface area contributed by atoms with E-state index in [-0.39, 0.29) is 5.41 Å². The number of benzene rings is 1. The molecule has 1 aromatic carbocycles. The molecule has 4 heteroatoms. The summed E-state index contributed by atoms with van der Waals surface area (Å²) in [6.07, 6.45) is 22.3. The molecule has 2 aromatic heterocycles. The summed E-state index contributed by atoms with van der Waals surface area (Å²) in [6, 6.07) is 9.17. The number of hydrogen-bond donors (Lipinski definition) is 0. The van der Waals surface area contributed by atoms with Crippen molar-refractivity contribution in [1.29, 1.82) is 0 Å². The van der Waals surface area contributed by atoms with Gasteiger partial charge in [0.2, 0.25) is 0 Å². The molecule has 0 bridgehead atoms. The van der Waals surface area contributed by atoms with E-state index in [1.807, 2.05) is 12.5 Å². The van der Waals surface area contributed by atoms with E-state index < -0.39 is 0 Å². The topological polar surface area (TPSA) is 35.6 Å². The van der Waals surface area contributed by atoms with Crippen LogP contribution < -0.4 is 0 Å². The van der Waals surface area contributed by atoms with Gasteiger partial charge in [0.15, 0.2) is 0 Å². The highest BCUT2D eigenvalue weighted by Crippen LogP contribution is 2.66. The molecule has 6 atom stereocenters. The largest absolute Gasteiger partial charge is 0.334 e. The zero-order valence-corrected chi connectivity index (χ0v) is 19.8. The number of hydrogen-bond acceptors (Lipinski definition) is 2. The van der Waals surface area contributed by atoms with Crippen molar-refractivity contribution in [2.45, 2.75) is 64.8 Å². The molecule has 0 spiro atoms. The molecule has 3 aromatic rings. The summed E-state index contributed by atoms with van der Waals surface area (Å²) >= 11 is 0. The molecular formula is C29H34N4. The van der Waals surface area contributed by atoms with E-state index in [1.54, 1.807) is 5.57 Å². The highest BCUT2D eigenvalue weighted by Gasteiger charge is 2.57. The molecule has 0 saturated heterocycles. The molecule has 0 aliphatic heterocycles. The second-order valence-electron chi connectivity index (χ2n) is 11.6. The van der Waals surface area contributed by atoms with Crippen molar-refractivity contribution in [3.8, 4) is 0 Å². The predicted molar refractivity (Wildman–Crippen MR) is 132 cm³/mol. The van der Waals surface area contributed by atoms with Gasteiger partial charge < -0.3 is 9.13 Å². The molecule has 0 unspecified atom stereocenters. The average molecular weight is 439 g/mol. The predicted octanol–water partition coefficient (Wildman–Crippen LogP) is 6.89. The lowest BCUT2D eigenvalue weighted by Crippen LogP contribution is -2.49. The van der Waals surface area contributed by atoms with Gasteiger partial charge in [-0.3, -0.25) is 0 Å². The molecule has 2 heterocycles. The highest BCUT2D eigenvalue weighted by atomic mass is 15.1. The fraction of sp³-hybridized carbons (Fsp3) is 0.517. The number of nitrogens with zero attached hydrogens (tertiary/aromatic N) is 4. The van der Waals surface area contributed by atoms with Crippen LogP contribution in [0.5, 0.6) is 0 Å². The van der Waals surface area contributed by atoms with Crippen LogP contribution in [0.4, 0.5) is 0 Å². The Balaban J connectivity index is 1.20. The first kappa shape index (κ1) is 19.8. The molecule has 2 fully saturated rings. The second-order valence-corrected chi connectivity index (χ2v) is 11.6. The Morgan fingerprint density at radius 2 is 1.82 bits per heavy atom. The Morgan fingerprint density at radius 3 is 2.70 bits per heavy atom. The first-order valence-electron chi connectivity index (χ1n) is 12.9. The van der Waals surface area contributed by atoms with Gasteiger partial charge in [0.1, 0.15) is 6.33 Å². The Hall–Kier alpha value is -2.62. The maximum atomic E-state index is 4.71. The van der Waals surface area contributed by atoms with Gasteiger partial charge >= 0.3 is 0 Å². The van der Waals surface area contributed by atoms with Gasteiger partial charge in [0, 0.05) is 29.5 Å². The summed E-state index contributed by atoms with van der Waals surface area (Å²) in [4.78, 5) is 9.02. The van der Waals surface area contributed by atoms with E-state index in [0.717, 1.165) is 23.3 Å². The molecule has 0 radical (unpaired) electrons. The minimum absolute atomic E-state index is 0.250. The van der Waals surface area contributed by atoms with Crippen molar-refractivity contribution in [2.24, 2.45) is 28.6 Å². The first-order valence-corrected chi connectivity index (χ1v) is 12.9. The molecule has 2 saturated carbocycles. The minimum Gasteiger partial charge on any atom is -0.334 e. The van der Waals surface area contributed by atoms with Crippen LogP contribution in [-0.2, 0) is 0 Å². The third kappa shape index (κ3) is 2.70. The van der Waals surface area contributed by atoms with Gasteiger partial charge in [-0.2, -0.15) is 0 Å². The van der Waals surface area contributed by atoms with Gasteiger partial charge in [0.25, 0.3) is 0 Å². The summed E-state index contributed by atoms with van der Waals surface area (Å²) < 4.78 is 4.74. The van der Waals surface area contributed by atoms with Crippen LogP contribution in [0.25, 0.3) is 16.7 Å². The number of allylic oxidation sites excluding steroid dienone is 4. The van der Waals surface area contributed by atoms with E-state index in [4.69, 9.17) is 4.98 Å². The Kier molecular flexibility index (Phi) is 4.17. The highest BCUT2D eigenvalue weighted by molar-refractivity contribution is 5.80. The van der Waals surface area contributed by atoms with E-state index in [0.29, 0.717) is 11.5 Å². The summed E-state index contributed by atoms with van der Waals surface area (Å²) in [6.45, 7) is 5.16. The SMILES string of the molecule is C[C@]12CC[C@H](n3ccnc3)CC1=CC[C@@H]1[C@@H]2CC[C@]2(C)C(n3cnc4ccccc43)=CC[C@@H]12. The zero-order valence-electron chi connectivity index (χ0n) is 19.8. The third-order valence-corrected chi connectivity index (χ3v) is 10.3. The van der Waals surface area contributed by atoms with Crippen molar-refractivity contribution < 1.29 is 0 Å². The molecule has 33 heavy (non-hydrogen) atoms. The average Bonchev–Trinajstić information content (AvgIpc) is 3.57. The molecule has 170 valence electrons. The number of para-hydroxylation sites is 2. The normalized spacial score (nSPS) is 37.8. The number of imidazole rings is 2. The third-order valence-electron chi connectivity index (χ3n) is 10.3. The fourth-order valence-electron chi connectivity index (χ4n) is 8.45. The molecule has 0 amide bonds. The van der Waals surface area contributed by atoms with Crippen LogP contribution in [0.15, 0.2) is 67.0 Å². The minimum atomic E-state index is 0.250. The van der Waals surface area contributed by atoms with Crippen molar-refractivity contribution in [1.82, 2.24) is 19.1 Å². The second kappa shape index (κ2) is 6.94. The summed E-state index contributed by atoms with van der Waals surface area (Å²) in [5, 5.41) is 0. The molecule has 4 aliphatic carbocycles. The standard InChI is InChI=1S/C29H34N4/c1-28-13-11-21(32-16-15-30-18-32)17-20(28)7-8-22-23-9-10-27(29(23,2)14-12-24(22)28)33-19-31-25-5-3-4-6-26(25)33/h3-7,10,15-16,18-19,21-24H,8-9,11-14,17H2,1-2H3/t21-,22-,23-,24-,28-,29-/m0/s1. The lowest BCUT2D eigenvalue weighted by molar-refractivity contribution is -0.0151. The first-order chi connectivity index (χ1) is 16.1. The van der Waals surface area contributed by atoms with E-state index in [2.05, 4.69) is 76.9 Å². The smallest absolute Gasteiger partial charge is 0.100 e. The maximum Gasteiger partial charge on any atom is 0.100 e. The van der Waals surface area contributed by atoms with Crippen molar-refractivity contribution in [3.63, 3.8) is 0 Å². The van der Waals surface area contributed by atoms with Crippen LogP contribution in [0.2, 0.25) is 0 Å². The quantitative estimate of drug-likeness (QED) is 0.409. The monoisotopic (exact) mass is 438 g/mol. The van der Waals surface area contributed by atoms with Gasteiger partial charge in [-0.05, 0) is 80.2 Å². The van der Waals surface area contributed by atoms with Crippen molar-refractivity contribution in [2.75, 3.05) is 0 Å². The van der Waals surface area contributed by atoms with E-state index in [1.165, 1.54) is 56.2 Å². The lowest BCUT2D eigenvalue weighted by atomic mass is 9.47. The van der Waals surface area contributed by atoms with E-state index >= 15 is 0 Å². The molecule has 4 aliphatic rings. The Labute approximate surface area is 196 Å². The van der Waals surface area contributed by atoms with Gasteiger partial charge in [0.05, 0.1) is 17.4 Å². The van der Waals surface area contributed by atoms with Crippen LogP contribution >= 0.6 is 0 Å². The van der Waals surface area contributed by atoms with Crippen LogP contribution in [-0.4, -0.2) is 19.1 Å². The molecule has 0 N–H and O–H groups in total. The Bertz CT molecular complexity index is 1260. The fourth-order valence-corrected chi connectivity index (χ4v) is 8.45. The summed E-state index contributed by atoms with van der Waals surface area (Å²) in [5.74, 6) is 2.37. The van der Waals surface area contributed by atoms with Crippen LogP contribution in [0.1, 0.15) is 64.8 Å². The summed E-state index contributed by atoms with van der Waals surface area (Å²) in [7, 11) is 0. The number of aromatic nitrogens is 4. The van der Waals surface area contributed by atoms with Crippen molar-refractivity contribution >= 4 is 16.7 Å². The zero-order chi connectivity index (χ0) is 22.2. The van der Waals surface area contributed by atoms with Gasteiger partial charge in [-0.25, -0.2) is 9.97 Å². The molecular weight excluding hydrogens is 404 g/mol. The van der Waals surface area contributed by atoms with Gasteiger partial charge in [-0.1, -0.05) is 43.7 Å².